The lowest BCUT2D eigenvalue weighted by molar-refractivity contribution is 0.602. The summed E-state index contributed by atoms with van der Waals surface area (Å²) >= 11 is 0. The summed E-state index contributed by atoms with van der Waals surface area (Å²) in [6.07, 6.45) is 0. The van der Waals surface area contributed by atoms with Gasteiger partial charge in [-0.1, -0.05) is 12.1 Å². The third-order valence-electron chi connectivity index (χ3n) is 2.79. The lowest BCUT2D eigenvalue weighted by atomic mass is 10.2. The Labute approximate surface area is 90.7 Å². The second-order valence-corrected chi connectivity index (χ2v) is 3.76. The molecule has 0 saturated carbocycles. The number of nitrogens with one attached hydrogen (secondary N) is 2. The van der Waals surface area contributed by atoms with Crippen molar-refractivity contribution in [2.75, 3.05) is 0 Å². The predicted octanol–water partition coefficient (Wildman–Crippen LogP) is 0.908. The van der Waals surface area contributed by atoms with Crippen LogP contribution in [0.4, 0.5) is 4.39 Å². The first-order valence-electron chi connectivity index (χ1n) is 5.06. The Bertz CT molecular complexity index is 600. The summed E-state index contributed by atoms with van der Waals surface area (Å²) in [5.74, 6) is -0.344. The van der Waals surface area contributed by atoms with Gasteiger partial charge >= 0.3 is 0 Å². The number of nitrogens with zero attached hydrogens (tertiary/aromatic N) is 1. The highest BCUT2D eigenvalue weighted by molar-refractivity contribution is 5.37. The third kappa shape index (κ3) is 1.22. The Morgan fingerprint density at radius 1 is 1.25 bits per heavy atom. The highest BCUT2D eigenvalue weighted by atomic mass is 19.1. The van der Waals surface area contributed by atoms with Crippen molar-refractivity contribution in [3.05, 3.63) is 51.7 Å². The van der Waals surface area contributed by atoms with Gasteiger partial charge in [-0.3, -0.25) is 14.6 Å². The van der Waals surface area contributed by atoms with Gasteiger partial charge in [0.05, 0.1) is 16.9 Å². The minimum absolute atomic E-state index is 0.150. The molecule has 1 aromatic heterocycles. The summed E-state index contributed by atoms with van der Waals surface area (Å²) in [6, 6.07) is 6.39. The van der Waals surface area contributed by atoms with Crippen LogP contribution in [0, 0.1) is 5.82 Å². The molecule has 2 heterocycles. The van der Waals surface area contributed by atoms with E-state index >= 15 is 0 Å². The normalized spacial score (nSPS) is 14.1. The van der Waals surface area contributed by atoms with E-state index in [0.717, 1.165) is 5.69 Å². The summed E-state index contributed by atoms with van der Waals surface area (Å²) in [7, 11) is 0. The van der Waals surface area contributed by atoms with Crippen molar-refractivity contribution in [1.29, 1.82) is 0 Å². The minimum atomic E-state index is -0.344. The number of H-pyrrole nitrogens is 1. The Kier molecular flexibility index (Phi) is 1.94. The molecule has 0 atom stereocenters. The molecule has 3 rings (SSSR count). The first-order chi connectivity index (χ1) is 7.77. The maximum Gasteiger partial charge on any atom is 0.269 e. The van der Waals surface area contributed by atoms with Crippen LogP contribution in [0.5, 0.6) is 0 Å². The monoisotopic (exact) mass is 219 g/mol. The molecule has 0 fully saturated rings. The zero-order valence-electron chi connectivity index (χ0n) is 8.46. The van der Waals surface area contributed by atoms with Crippen LogP contribution in [0.15, 0.2) is 29.1 Å². The number of benzene rings is 1. The second-order valence-electron chi connectivity index (χ2n) is 3.76. The number of aromatic amines is 1. The number of halogens is 1. The number of fused-ring (bicyclic) bond motifs is 1. The zero-order chi connectivity index (χ0) is 11.1. The number of hydrogen-bond acceptors (Lipinski definition) is 2. The molecular weight excluding hydrogens is 209 g/mol. The summed E-state index contributed by atoms with van der Waals surface area (Å²) in [5, 5.41) is 5.73. The van der Waals surface area contributed by atoms with Crippen molar-refractivity contribution in [1.82, 2.24) is 15.1 Å². The van der Waals surface area contributed by atoms with Gasteiger partial charge in [-0.25, -0.2) is 4.39 Å². The Morgan fingerprint density at radius 2 is 2.06 bits per heavy atom. The summed E-state index contributed by atoms with van der Waals surface area (Å²) in [5.41, 5.74) is 1.74. The van der Waals surface area contributed by atoms with E-state index < -0.39 is 0 Å². The largest absolute Gasteiger partial charge is 0.307 e. The fraction of sp³-hybridized carbons (Fsp3) is 0.182. The van der Waals surface area contributed by atoms with Crippen LogP contribution >= 0.6 is 0 Å². The highest BCUT2D eigenvalue weighted by Gasteiger charge is 2.21. The maximum atomic E-state index is 13.6. The van der Waals surface area contributed by atoms with Crippen LogP contribution in [0.3, 0.4) is 0 Å². The standard InChI is InChI=1S/C11H10FN3O/c12-8-3-1-2-4-9(8)15-10-6-13-5-7(10)11(16)14-15/h1-4,13H,5-6H2,(H,14,16). The van der Waals surface area contributed by atoms with Crippen LogP contribution in [0.1, 0.15) is 11.3 Å². The maximum absolute atomic E-state index is 13.6. The third-order valence-corrected chi connectivity index (χ3v) is 2.79. The van der Waals surface area contributed by atoms with Crippen molar-refractivity contribution in [3.63, 3.8) is 0 Å². The minimum Gasteiger partial charge on any atom is -0.307 e. The van der Waals surface area contributed by atoms with Crippen LogP contribution in [0.25, 0.3) is 5.69 Å². The lowest BCUT2D eigenvalue weighted by Crippen LogP contribution is -2.14. The van der Waals surface area contributed by atoms with E-state index in [-0.39, 0.29) is 11.4 Å². The molecule has 2 N–H and O–H groups in total. The average molecular weight is 219 g/mol. The molecule has 0 aliphatic carbocycles. The van der Waals surface area contributed by atoms with Gasteiger partial charge in [0.25, 0.3) is 5.56 Å². The first kappa shape index (κ1) is 9.35. The van der Waals surface area contributed by atoms with E-state index in [1.165, 1.54) is 10.7 Å². The Balaban J connectivity index is 2.25. The van der Waals surface area contributed by atoms with Crippen LogP contribution in [0.2, 0.25) is 0 Å². The molecule has 0 saturated heterocycles. The number of para-hydroxylation sites is 1. The summed E-state index contributed by atoms with van der Waals surface area (Å²) in [6.45, 7) is 1.13. The van der Waals surface area contributed by atoms with Crippen LogP contribution in [-0.2, 0) is 13.1 Å². The van der Waals surface area contributed by atoms with Crippen molar-refractivity contribution in [3.8, 4) is 5.69 Å². The van der Waals surface area contributed by atoms with Gasteiger partial charge < -0.3 is 5.32 Å². The zero-order valence-corrected chi connectivity index (χ0v) is 8.46. The van der Waals surface area contributed by atoms with Crippen LogP contribution < -0.4 is 10.9 Å². The fourth-order valence-electron chi connectivity index (χ4n) is 2.02. The molecule has 5 heteroatoms. The van der Waals surface area contributed by atoms with E-state index in [4.69, 9.17) is 0 Å². The van der Waals surface area contributed by atoms with E-state index in [2.05, 4.69) is 10.4 Å². The highest BCUT2D eigenvalue weighted by Crippen LogP contribution is 2.18. The van der Waals surface area contributed by atoms with Crippen molar-refractivity contribution < 1.29 is 4.39 Å². The number of aromatic nitrogens is 2. The molecule has 4 nitrogen and oxygen atoms in total. The van der Waals surface area contributed by atoms with Crippen molar-refractivity contribution in [2.24, 2.45) is 0 Å². The molecule has 1 aromatic carbocycles. The predicted molar refractivity (Wildman–Crippen MR) is 56.9 cm³/mol. The smallest absolute Gasteiger partial charge is 0.269 e. The van der Waals surface area contributed by atoms with Gasteiger partial charge in [0.1, 0.15) is 5.82 Å². The molecule has 1 aliphatic rings. The lowest BCUT2D eigenvalue weighted by Gasteiger charge is -2.06. The van der Waals surface area contributed by atoms with E-state index in [1.54, 1.807) is 18.2 Å². The second kappa shape index (κ2) is 3.31. The molecule has 82 valence electrons. The Hall–Kier alpha value is -1.88. The van der Waals surface area contributed by atoms with Crippen molar-refractivity contribution in [2.45, 2.75) is 13.1 Å². The van der Waals surface area contributed by atoms with Gasteiger partial charge in [0, 0.05) is 13.1 Å². The molecule has 0 radical (unpaired) electrons. The van der Waals surface area contributed by atoms with E-state index in [9.17, 15) is 9.18 Å². The van der Waals surface area contributed by atoms with E-state index in [0.29, 0.717) is 24.3 Å². The molecular formula is C11H10FN3O. The summed E-state index contributed by atoms with van der Waals surface area (Å²) in [4.78, 5) is 11.6. The number of hydrogen-bond donors (Lipinski definition) is 2. The average Bonchev–Trinajstić information content (AvgIpc) is 2.84. The van der Waals surface area contributed by atoms with Crippen molar-refractivity contribution >= 4 is 0 Å². The molecule has 0 amide bonds. The SMILES string of the molecule is O=c1[nH]n(-c2ccccc2F)c2c1CNC2. The molecule has 0 spiro atoms. The molecule has 0 unspecified atom stereocenters. The fourth-order valence-corrected chi connectivity index (χ4v) is 2.02. The van der Waals surface area contributed by atoms with Gasteiger partial charge in [-0.15, -0.1) is 0 Å². The van der Waals surface area contributed by atoms with Gasteiger partial charge in [-0.2, -0.15) is 0 Å². The quantitative estimate of drug-likeness (QED) is 0.749. The van der Waals surface area contributed by atoms with Gasteiger partial charge in [-0.05, 0) is 12.1 Å². The summed E-state index contributed by atoms with van der Waals surface area (Å²) < 4.78 is 15.1. The van der Waals surface area contributed by atoms with Gasteiger partial charge in [0.15, 0.2) is 0 Å². The molecule has 1 aliphatic heterocycles. The first-order valence-corrected chi connectivity index (χ1v) is 5.06. The molecule has 16 heavy (non-hydrogen) atoms. The van der Waals surface area contributed by atoms with E-state index in [1.807, 2.05) is 0 Å². The Morgan fingerprint density at radius 3 is 2.88 bits per heavy atom. The molecule has 0 bridgehead atoms. The van der Waals surface area contributed by atoms with Crippen LogP contribution in [-0.4, -0.2) is 9.78 Å². The topological polar surface area (TPSA) is 49.8 Å². The molecule has 2 aromatic rings. The van der Waals surface area contributed by atoms with Gasteiger partial charge in [0.2, 0.25) is 0 Å². The number of rotatable bonds is 1.